The number of nitrogens with one attached hydrogen (secondary N) is 1. The maximum absolute atomic E-state index is 13.4. The van der Waals surface area contributed by atoms with E-state index in [2.05, 4.69) is 4.72 Å². The molecule has 3 aromatic carbocycles. The van der Waals surface area contributed by atoms with Crippen LogP contribution in [0.4, 0.5) is 10.1 Å². The first-order valence-electron chi connectivity index (χ1n) is 13.4. The summed E-state index contributed by atoms with van der Waals surface area (Å²) in [6, 6.07) is 14.1. The lowest BCUT2D eigenvalue weighted by Crippen LogP contribution is -2.48. The monoisotopic (exact) mass is 653 g/mol. The van der Waals surface area contributed by atoms with Gasteiger partial charge in [0.2, 0.25) is 15.9 Å². The molecule has 2 N–H and O–H groups in total. The number of benzene rings is 3. The van der Waals surface area contributed by atoms with E-state index < -0.39 is 38.0 Å². The molecule has 0 fully saturated rings. The van der Waals surface area contributed by atoms with Gasteiger partial charge in [0.15, 0.2) is 0 Å². The number of anilines is 1. The Kier molecular flexibility index (Phi) is 10.0. The molecule has 232 valence electrons. The summed E-state index contributed by atoms with van der Waals surface area (Å²) in [5.74, 6) is -0.988. The number of sulfonamides is 2. The van der Waals surface area contributed by atoms with Crippen LogP contribution in [0.5, 0.6) is 5.75 Å². The van der Waals surface area contributed by atoms with E-state index in [-0.39, 0.29) is 59.2 Å². The minimum atomic E-state index is -4.07. The number of carbonyl (C=O) groups excluding carboxylic acids is 1. The highest BCUT2D eigenvalue weighted by molar-refractivity contribution is 7.92. The summed E-state index contributed by atoms with van der Waals surface area (Å²) >= 11 is 5.93. The summed E-state index contributed by atoms with van der Waals surface area (Å²) in [6.07, 6.45) is -0.892. The number of hydrogen-bond acceptors (Lipinski definition) is 7. The Morgan fingerprint density at radius 1 is 1.07 bits per heavy atom. The molecule has 1 amide bonds. The fraction of sp³-hybridized carbons (Fsp3) is 0.345. The number of aliphatic hydroxyl groups excluding tert-OH is 1. The summed E-state index contributed by atoms with van der Waals surface area (Å²) in [5, 5.41) is 10.3. The van der Waals surface area contributed by atoms with Crippen LogP contribution in [-0.4, -0.2) is 75.9 Å². The van der Waals surface area contributed by atoms with Crippen molar-refractivity contribution in [3.63, 3.8) is 0 Å². The minimum Gasteiger partial charge on any atom is -0.488 e. The van der Waals surface area contributed by atoms with Crippen LogP contribution in [0, 0.1) is 11.7 Å². The largest absolute Gasteiger partial charge is 0.488 e. The van der Waals surface area contributed by atoms with Gasteiger partial charge in [-0.15, -0.1) is 0 Å². The van der Waals surface area contributed by atoms with E-state index >= 15 is 0 Å². The lowest BCUT2D eigenvalue weighted by molar-refractivity contribution is -0.134. The molecule has 3 atom stereocenters. The van der Waals surface area contributed by atoms with Crippen molar-refractivity contribution in [3.8, 4) is 5.75 Å². The van der Waals surface area contributed by atoms with Gasteiger partial charge in [-0.3, -0.25) is 9.52 Å². The number of fused-ring (bicyclic) bond motifs is 1. The van der Waals surface area contributed by atoms with Crippen LogP contribution < -0.4 is 9.46 Å². The van der Waals surface area contributed by atoms with Crippen LogP contribution >= 0.6 is 11.6 Å². The predicted octanol–water partition coefficient (Wildman–Crippen LogP) is 3.75. The standard InChI is InChI=1S/C29H33ClFN3O7S2/c1-19-16-34(20(2)18-35)29(36)15-21-14-24(32-42(37,38)25-11-6-23(31)7-12-25)8-13-27(21)41-28(19)17-33(3)43(39,40)26-9-4-22(30)5-10-26/h4-14,19-20,28,32,35H,15-18H2,1-3H3/t19-,20+,28-/m0/s1. The van der Waals surface area contributed by atoms with Gasteiger partial charge in [0.1, 0.15) is 17.7 Å². The fourth-order valence-electron chi connectivity index (χ4n) is 4.68. The van der Waals surface area contributed by atoms with Crippen molar-refractivity contribution in [3.05, 3.63) is 83.1 Å². The average Bonchev–Trinajstić information content (AvgIpc) is 3.00. The van der Waals surface area contributed by atoms with E-state index in [1.807, 2.05) is 6.92 Å². The van der Waals surface area contributed by atoms with Crippen molar-refractivity contribution in [2.45, 2.75) is 42.2 Å². The van der Waals surface area contributed by atoms with Crippen LogP contribution in [0.2, 0.25) is 5.02 Å². The molecule has 0 unspecified atom stereocenters. The second-order valence-corrected chi connectivity index (χ2v) is 14.7. The first-order chi connectivity index (χ1) is 20.2. The number of likely N-dealkylation sites (N-methyl/N-ethyl adjacent to an activating group) is 1. The molecule has 0 aromatic heterocycles. The topological polar surface area (TPSA) is 133 Å². The number of ether oxygens (including phenoxy) is 1. The van der Waals surface area contributed by atoms with Gasteiger partial charge < -0.3 is 14.7 Å². The van der Waals surface area contributed by atoms with Crippen LogP contribution in [0.1, 0.15) is 19.4 Å². The quantitative estimate of drug-likeness (QED) is 0.359. The highest BCUT2D eigenvalue weighted by Gasteiger charge is 2.33. The summed E-state index contributed by atoms with van der Waals surface area (Å²) < 4.78 is 75.8. The molecule has 0 radical (unpaired) electrons. The van der Waals surface area contributed by atoms with E-state index in [0.29, 0.717) is 10.6 Å². The van der Waals surface area contributed by atoms with Crippen molar-refractivity contribution >= 4 is 43.2 Å². The normalized spacial score (nSPS) is 18.7. The van der Waals surface area contributed by atoms with Crippen LogP contribution in [0.25, 0.3) is 0 Å². The van der Waals surface area contributed by atoms with Gasteiger partial charge in [0, 0.05) is 35.8 Å². The van der Waals surface area contributed by atoms with E-state index in [0.717, 1.165) is 24.3 Å². The molecule has 14 heteroatoms. The second kappa shape index (κ2) is 13.2. The summed E-state index contributed by atoms with van der Waals surface area (Å²) in [4.78, 5) is 14.9. The van der Waals surface area contributed by atoms with Gasteiger partial charge in [-0.1, -0.05) is 18.5 Å². The van der Waals surface area contributed by atoms with Crippen molar-refractivity contribution < 1.29 is 35.9 Å². The molecular formula is C29H33ClFN3O7S2. The van der Waals surface area contributed by atoms with Gasteiger partial charge in [-0.2, -0.15) is 4.31 Å². The Morgan fingerprint density at radius 3 is 2.33 bits per heavy atom. The Labute approximate surface area is 256 Å². The molecule has 0 bridgehead atoms. The summed E-state index contributed by atoms with van der Waals surface area (Å²) in [7, 11) is -6.55. The number of rotatable bonds is 9. The molecule has 4 rings (SSSR count). The number of halogens is 2. The molecule has 0 spiro atoms. The molecule has 0 saturated carbocycles. The van der Waals surface area contributed by atoms with Crippen LogP contribution in [-0.2, 0) is 31.3 Å². The lowest BCUT2D eigenvalue weighted by Gasteiger charge is -2.33. The zero-order valence-corrected chi connectivity index (χ0v) is 26.2. The molecular weight excluding hydrogens is 621 g/mol. The molecule has 10 nitrogen and oxygen atoms in total. The Bertz CT molecular complexity index is 1670. The Balaban J connectivity index is 1.68. The summed E-state index contributed by atoms with van der Waals surface area (Å²) in [5.41, 5.74) is 0.509. The number of carbonyl (C=O) groups is 1. The number of hydrogen-bond donors (Lipinski definition) is 2. The van der Waals surface area contributed by atoms with Gasteiger partial charge in [-0.25, -0.2) is 21.2 Å². The number of amides is 1. The maximum Gasteiger partial charge on any atom is 0.261 e. The molecule has 0 aliphatic carbocycles. The van der Waals surface area contributed by atoms with Gasteiger partial charge >= 0.3 is 0 Å². The SMILES string of the molecule is C[C@H](CO)N1C[C@H](C)[C@H](CN(C)S(=O)(=O)c2ccc(Cl)cc2)Oc2ccc(NS(=O)(=O)c3ccc(F)cc3)cc2CC1=O. The third-order valence-electron chi connectivity index (χ3n) is 7.25. The van der Waals surface area contributed by atoms with Gasteiger partial charge in [0.25, 0.3) is 10.0 Å². The highest BCUT2D eigenvalue weighted by Crippen LogP contribution is 2.31. The van der Waals surface area contributed by atoms with Gasteiger partial charge in [0.05, 0.1) is 35.4 Å². The molecule has 1 heterocycles. The van der Waals surface area contributed by atoms with Crippen molar-refractivity contribution in [2.24, 2.45) is 5.92 Å². The molecule has 0 saturated heterocycles. The fourth-order valence-corrected chi connectivity index (χ4v) is 7.04. The lowest BCUT2D eigenvalue weighted by atomic mass is 10.0. The minimum absolute atomic E-state index is 0.0549. The zero-order valence-electron chi connectivity index (χ0n) is 23.8. The van der Waals surface area contributed by atoms with E-state index in [9.17, 15) is 31.1 Å². The van der Waals surface area contributed by atoms with E-state index in [4.69, 9.17) is 16.3 Å². The number of nitrogens with zero attached hydrogens (tertiary/aromatic N) is 2. The predicted molar refractivity (Wildman–Crippen MR) is 160 cm³/mol. The second-order valence-electron chi connectivity index (χ2n) is 10.5. The Morgan fingerprint density at radius 2 is 1.70 bits per heavy atom. The molecule has 1 aliphatic heterocycles. The third kappa shape index (κ3) is 7.65. The van der Waals surface area contributed by atoms with Crippen LogP contribution in [0.3, 0.4) is 0 Å². The Hall–Kier alpha value is -3.23. The smallest absolute Gasteiger partial charge is 0.261 e. The molecule has 43 heavy (non-hydrogen) atoms. The summed E-state index contributed by atoms with van der Waals surface area (Å²) in [6.45, 7) is 3.34. The van der Waals surface area contributed by atoms with Gasteiger partial charge in [-0.05, 0) is 73.7 Å². The third-order valence-corrected chi connectivity index (χ3v) is 10.7. The van der Waals surface area contributed by atoms with E-state index in [1.165, 1.54) is 58.7 Å². The van der Waals surface area contributed by atoms with Crippen molar-refractivity contribution in [1.29, 1.82) is 0 Å². The first kappa shape index (κ1) is 32.7. The average molecular weight is 654 g/mol. The molecule has 1 aliphatic rings. The van der Waals surface area contributed by atoms with Crippen LogP contribution in [0.15, 0.2) is 76.5 Å². The molecule has 3 aromatic rings. The van der Waals surface area contributed by atoms with Crippen molar-refractivity contribution in [1.82, 2.24) is 9.21 Å². The number of aliphatic hydroxyl groups is 1. The maximum atomic E-state index is 13.4. The van der Waals surface area contributed by atoms with E-state index in [1.54, 1.807) is 6.92 Å². The highest BCUT2D eigenvalue weighted by atomic mass is 35.5. The zero-order chi connectivity index (χ0) is 31.5. The first-order valence-corrected chi connectivity index (χ1v) is 16.7. The van der Waals surface area contributed by atoms with Crippen molar-refractivity contribution in [2.75, 3.05) is 31.5 Å².